The third kappa shape index (κ3) is 2.78. The lowest BCUT2D eigenvalue weighted by atomic mass is 10.0. The first-order valence-corrected chi connectivity index (χ1v) is 7.66. The first-order valence-electron chi connectivity index (χ1n) is 7.66. The average molecular weight is 285 g/mol. The maximum atomic E-state index is 6.12. The second-order valence-corrected chi connectivity index (χ2v) is 5.70. The van der Waals surface area contributed by atoms with Gasteiger partial charge in [-0.1, -0.05) is 19.1 Å². The zero-order valence-corrected chi connectivity index (χ0v) is 12.8. The third-order valence-corrected chi connectivity index (χ3v) is 4.46. The van der Waals surface area contributed by atoms with Crippen LogP contribution in [0.1, 0.15) is 19.8 Å². The summed E-state index contributed by atoms with van der Waals surface area (Å²) in [5, 5.41) is 0. The van der Waals surface area contributed by atoms with Gasteiger partial charge in [-0.15, -0.1) is 0 Å². The van der Waals surface area contributed by atoms with Gasteiger partial charge in [0, 0.05) is 26.2 Å². The molecule has 1 aromatic heterocycles. The summed E-state index contributed by atoms with van der Waals surface area (Å²) >= 11 is 0. The van der Waals surface area contributed by atoms with E-state index in [4.69, 9.17) is 10.7 Å². The van der Waals surface area contributed by atoms with E-state index in [0.717, 1.165) is 49.3 Å². The summed E-state index contributed by atoms with van der Waals surface area (Å²) in [6.45, 7) is 5.64. The lowest BCUT2D eigenvalue weighted by Crippen LogP contribution is -2.43. The first-order chi connectivity index (χ1) is 10.2. The SMILES string of the molecule is CCN1CCC(N(C)c2nc3ccccc3nc2N)CC1. The summed E-state index contributed by atoms with van der Waals surface area (Å²) in [5.74, 6) is 1.33. The van der Waals surface area contributed by atoms with Crippen LogP contribution in [0.2, 0.25) is 0 Å². The molecule has 0 amide bonds. The van der Waals surface area contributed by atoms with E-state index in [-0.39, 0.29) is 0 Å². The van der Waals surface area contributed by atoms with E-state index in [1.807, 2.05) is 24.3 Å². The van der Waals surface area contributed by atoms with E-state index in [1.54, 1.807) is 0 Å². The number of anilines is 2. The molecule has 112 valence electrons. The highest BCUT2D eigenvalue weighted by Crippen LogP contribution is 2.26. The molecule has 1 aromatic carbocycles. The Balaban J connectivity index is 1.84. The Kier molecular flexibility index (Phi) is 3.92. The van der Waals surface area contributed by atoms with Crippen LogP contribution in [-0.4, -0.2) is 47.6 Å². The van der Waals surface area contributed by atoms with Gasteiger partial charge < -0.3 is 15.5 Å². The Morgan fingerprint density at radius 1 is 1.19 bits per heavy atom. The van der Waals surface area contributed by atoms with Crippen LogP contribution in [0, 0.1) is 0 Å². The number of hydrogen-bond acceptors (Lipinski definition) is 5. The fourth-order valence-electron chi connectivity index (χ4n) is 3.06. The molecule has 0 bridgehead atoms. The Morgan fingerprint density at radius 3 is 2.43 bits per heavy atom. The van der Waals surface area contributed by atoms with Crippen molar-refractivity contribution < 1.29 is 0 Å². The molecule has 1 saturated heterocycles. The lowest BCUT2D eigenvalue weighted by molar-refractivity contribution is 0.220. The van der Waals surface area contributed by atoms with E-state index in [9.17, 15) is 0 Å². The number of benzene rings is 1. The largest absolute Gasteiger partial charge is 0.381 e. The Labute approximate surface area is 125 Å². The molecule has 0 spiro atoms. The topological polar surface area (TPSA) is 58.3 Å². The summed E-state index contributed by atoms with van der Waals surface area (Å²) in [5.41, 5.74) is 7.88. The summed E-state index contributed by atoms with van der Waals surface area (Å²) in [7, 11) is 2.08. The van der Waals surface area contributed by atoms with Gasteiger partial charge in [-0.25, -0.2) is 9.97 Å². The number of aromatic nitrogens is 2. The van der Waals surface area contributed by atoms with Gasteiger partial charge in [0.25, 0.3) is 0 Å². The number of nitrogens with two attached hydrogens (primary N) is 1. The van der Waals surface area contributed by atoms with Crippen LogP contribution in [-0.2, 0) is 0 Å². The zero-order chi connectivity index (χ0) is 14.8. The van der Waals surface area contributed by atoms with Crippen LogP contribution in [0.5, 0.6) is 0 Å². The van der Waals surface area contributed by atoms with Gasteiger partial charge in [-0.2, -0.15) is 0 Å². The van der Waals surface area contributed by atoms with Crippen molar-refractivity contribution >= 4 is 22.7 Å². The summed E-state index contributed by atoms with van der Waals surface area (Å²) in [6.07, 6.45) is 2.30. The van der Waals surface area contributed by atoms with Crippen LogP contribution in [0.15, 0.2) is 24.3 Å². The molecule has 3 rings (SSSR count). The molecule has 2 heterocycles. The second kappa shape index (κ2) is 5.85. The molecular weight excluding hydrogens is 262 g/mol. The minimum Gasteiger partial charge on any atom is -0.381 e. The van der Waals surface area contributed by atoms with Crippen LogP contribution < -0.4 is 10.6 Å². The van der Waals surface area contributed by atoms with Gasteiger partial charge in [0.2, 0.25) is 0 Å². The number of likely N-dealkylation sites (tertiary alicyclic amines) is 1. The molecule has 2 N–H and O–H groups in total. The number of rotatable bonds is 3. The monoisotopic (exact) mass is 285 g/mol. The number of para-hydroxylation sites is 2. The minimum atomic E-state index is 0.491. The second-order valence-electron chi connectivity index (χ2n) is 5.70. The molecule has 1 aliphatic rings. The van der Waals surface area contributed by atoms with Crippen molar-refractivity contribution in [3.8, 4) is 0 Å². The van der Waals surface area contributed by atoms with Gasteiger partial charge in [-0.05, 0) is 31.5 Å². The molecule has 5 heteroatoms. The van der Waals surface area contributed by atoms with Gasteiger partial charge in [0.1, 0.15) is 0 Å². The quantitative estimate of drug-likeness (QED) is 0.936. The predicted octanol–water partition coefficient (Wildman–Crippen LogP) is 2.13. The molecule has 2 aromatic rings. The highest BCUT2D eigenvalue weighted by molar-refractivity contribution is 5.79. The average Bonchev–Trinajstić information content (AvgIpc) is 2.53. The molecule has 0 radical (unpaired) electrons. The Morgan fingerprint density at radius 2 is 1.81 bits per heavy atom. The van der Waals surface area contributed by atoms with Crippen molar-refractivity contribution in [2.24, 2.45) is 0 Å². The van der Waals surface area contributed by atoms with Gasteiger partial charge in [0.15, 0.2) is 11.6 Å². The highest BCUT2D eigenvalue weighted by atomic mass is 15.2. The van der Waals surface area contributed by atoms with Gasteiger partial charge in [0.05, 0.1) is 11.0 Å². The van der Waals surface area contributed by atoms with Crippen molar-refractivity contribution in [3.63, 3.8) is 0 Å². The van der Waals surface area contributed by atoms with Crippen LogP contribution in [0.3, 0.4) is 0 Å². The number of fused-ring (bicyclic) bond motifs is 1. The molecular formula is C16H23N5. The number of piperidine rings is 1. The standard InChI is InChI=1S/C16H23N5/c1-3-21-10-8-12(9-11-21)20(2)16-15(17)18-13-6-4-5-7-14(13)19-16/h4-7,12H,3,8-11H2,1-2H3,(H2,17,18). The summed E-state index contributed by atoms with van der Waals surface area (Å²) < 4.78 is 0. The molecule has 21 heavy (non-hydrogen) atoms. The Hall–Kier alpha value is -1.88. The molecule has 1 fully saturated rings. The van der Waals surface area contributed by atoms with E-state index in [1.165, 1.54) is 0 Å². The molecule has 0 saturated carbocycles. The molecule has 0 unspecified atom stereocenters. The maximum absolute atomic E-state index is 6.12. The minimum absolute atomic E-state index is 0.491. The fourth-order valence-corrected chi connectivity index (χ4v) is 3.06. The smallest absolute Gasteiger partial charge is 0.172 e. The maximum Gasteiger partial charge on any atom is 0.172 e. The highest BCUT2D eigenvalue weighted by Gasteiger charge is 2.24. The third-order valence-electron chi connectivity index (χ3n) is 4.46. The van der Waals surface area contributed by atoms with Crippen molar-refractivity contribution in [1.29, 1.82) is 0 Å². The number of hydrogen-bond donors (Lipinski definition) is 1. The number of nitrogens with zero attached hydrogens (tertiary/aromatic N) is 4. The van der Waals surface area contributed by atoms with Crippen molar-refractivity contribution in [2.75, 3.05) is 37.3 Å². The van der Waals surface area contributed by atoms with Crippen LogP contribution in [0.25, 0.3) is 11.0 Å². The summed E-state index contributed by atoms with van der Waals surface area (Å²) in [6, 6.07) is 8.36. The van der Waals surface area contributed by atoms with Crippen LogP contribution in [0.4, 0.5) is 11.6 Å². The van der Waals surface area contributed by atoms with Gasteiger partial charge >= 0.3 is 0 Å². The number of nitrogen functional groups attached to an aromatic ring is 1. The van der Waals surface area contributed by atoms with Gasteiger partial charge in [-0.3, -0.25) is 0 Å². The van der Waals surface area contributed by atoms with E-state index in [2.05, 4.69) is 28.8 Å². The van der Waals surface area contributed by atoms with Crippen molar-refractivity contribution in [1.82, 2.24) is 14.9 Å². The van der Waals surface area contributed by atoms with E-state index >= 15 is 0 Å². The lowest BCUT2D eigenvalue weighted by Gasteiger charge is -2.37. The summed E-state index contributed by atoms with van der Waals surface area (Å²) in [4.78, 5) is 13.9. The molecule has 5 nitrogen and oxygen atoms in total. The Bertz CT molecular complexity index is 619. The van der Waals surface area contributed by atoms with Crippen molar-refractivity contribution in [2.45, 2.75) is 25.8 Å². The normalized spacial score (nSPS) is 17.2. The molecule has 0 atom stereocenters. The van der Waals surface area contributed by atoms with Crippen molar-refractivity contribution in [3.05, 3.63) is 24.3 Å². The van der Waals surface area contributed by atoms with E-state index in [0.29, 0.717) is 11.9 Å². The first kappa shape index (κ1) is 14.1. The molecule has 0 aliphatic carbocycles. The van der Waals surface area contributed by atoms with E-state index < -0.39 is 0 Å². The molecule has 1 aliphatic heterocycles. The predicted molar refractivity (Wildman–Crippen MR) is 87.5 cm³/mol. The fraction of sp³-hybridized carbons (Fsp3) is 0.500. The van der Waals surface area contributed by atoms with Crippen LogP contribution >= 0.6 is 0 Å². The zero-order valence-electron chi connectivity index (χ0n) is 12.8.